The summed E-state index contributed by atoms with van der Waals surface area (Å²) < 4.78 is 17.1. The number of rotatable bonds is 0. The molecule has 0 aliphatic heterocycles. The van der Waals surface area contributed by atoms with Gasteiger partial charge in [-0.25, -0.2) is 0 Å². The summed E-state index contributed by atoms with van der Waals surface area (Å²) in [6.45, 7) is 20.0. The zero-order valence-electron chi connectivity index (χ0n) is 16.3. The molecule has 1 aromatic heterocycles. The van der Waals surface area contributed by atoms with Crippen LogP contribution in [0.3, 0.4) is 0 Å². The average Bonchev–Trinajstić information content (AvgIpc) is 2.49. The molecular weight excluding hydrogens is 484 g/mol. The van der Waals surface area contributed by atoms with Crippen molar-refractivity contribution in [2.24, 2.45) is 10.8 Å². The van der Waals surface area contributed by atoms with E-state index in [1.165, 1.54) is 0 Å². The summed E-state index contributed by atoms with van der Waals surface area (Å²) in [7, 11) is 0. The van der Waals surface area contributed by atoms with Crippen molar-refractivity contribution in [3.05, 3.63) is 80.8 Å². The molecule has 3 nitrogen and oxygen atoms in total. The van der Waals surface area contributed by atoms with Crippen molar-refractivity contribution in [2.45, 2.75) is 41.5 Å². The van der Waals surface area contributed by atoms with Crippen LogP contribution in [0.4, 0.5) is 0 Å². The van der Waals surface area contributed by atoms with Crippen molar-refractivity contribution in [1.82, 2.24) is 4.98 Å². The van der Waals surface area contributed by atoms with Crippen molar-refractivity contribution in [2.75, 3.05) is 0 Å². The van der Waals surface area contributed by atoms with E-state index >= 15 is 0 Å². The maximum Gasteiger partial charge on any atom is 0.0267 e. The second-order valence-corrected chi connectivity index (χ2v) is 7.74. The molecule has 0 radical (unpaired) electrons. The van der Waals surface area contributed by atoms with Gasteiger partial charge in [-0.3, -0.25) is 4.98 Å². The third kappa shape index (κ3) is 85.2. The maximum absolute atomic E-state index is 8.53. The smallest absolute Gasteiger partial charge is 0.0267 e. The molecule has 0 saturated carbocycles. The van der Waals surface area contributed by atoms with E-state index in [0.717, 1.165) is 0 Å². The van der Waals surface area contributed by atoms with Crippen molar-refractivity contribution < 1.29 is 24.8 Å². The molecule has 143 valence electrons. The van der Waals surface area contributed by atoms with Gasteiger partial charge in [-0.15, -0.1) is 0 Å². The minimum atomic E-state index is -2.17. The summed E-state index contributed by atoms with van der Waals surface area (Å²) >= 11 is -2.17. The molecule has 0 N–H and O–H groups in total. The van der Waals surface area contributed by atoms with Crippen LogP contribution in [0.2, 0.25) is 0 Å². The monoisotopic (exact) mass is 517 g/mol. The van der Waals surface area contributed by atoms with Crippen molar-refractivity contribution in [3.8, 4) is 0 Å². The number of pyridine rings is 1. The van der Waals surface area contributed by atoms with Crippen LogP contribution >= 0.6 is 0 Å². The van der Waals surface area contributed by atoms with Crippen LogP contribution in [-0.2, 0) is 24.8 Å². The molecule has 0 bridgehead atoms. The van der Waals surface area contributed by atoms with Gasteiger partial charge in [0.1, 0.15) is 0 Å². The van der Waals surface area contributed by atoms with Crippen molar-refractivity contribution in [1.29, 1.82) is 0 Å². The standard InChI is InChI=1S/C6H5.C5H5N.2C5H11.2O.Re/c2*1-2-4-6-5-3-1;2*1-5(2,3)4;;;/h2*1-5H;2*1H2,2-4H3;;;/q-1;;2*-1;;;. The molecule has 0 spiro atoms. The van der Waals surface area contributed by atoms with Gasteiger partial charge in [0.25, 0.3) is 0 Å². The van der Waals surface area contributed by atoms with E-state index in [2.05, 4.69) is 66.4 Å². The number of hydrogen-bond acceptors (Lipinski definition) is 3. The van der Waals surface area contributed by atoms with Gasteiger partial charge in [-0.2, -0.15) is 47.2 Å². The molecular formula is C21H32NO2Re-3. The van der Waals surface area contributed by atoms with Gasteiger partial charge in [0.05, 0.1) is 0 Å². The van der Waals surface area contributed by atoms with Gasteiger partial charge in [-0.1, -0.05) is 47.6 Å². The Kier molecular flexibility index (Phi) is 21.6. The fraction of sp³-hybridized carbons (Fsp3) is 0.381. The molecule has 0 saturated heterocycles. The molecule has 2 rings (SSSR count). The van der Waals surface area contributed by atoms with E-state index in [9.17, 15) is 0 Å². The van der Waals surface area contributed by atoms with Crippen LogP contribution in [0.25, 0.3) is 0 Å². The third-order valence-corrected chi connectivity index (χ3v) is 1.17. The fourth-order valence-corrected chi connectivity index (χ4v) is 0.655. The van der Waals surface area contributed by atoms with E-state index in [4.69, 9.17) is 6.94 Å². The normalized spacial score (nSPS) is 9.12. The molecule has 0 fully saturated rings. The van der Waals surface area contributed by atoms with Gasteiger partial charge in [0.2, 0.25) is 0 Å². The Balaban J connectivity index is -0.000000247. The summed E-state index contributed by atoms with van der Waals surface area (Å²) in [6.07, 6.45) is 3.50. The Morgan fingerprint density at radius 3 is 1.08 bits per heavy atom. The Labute approximate surface area is 163 Å². The van der Waals surface area contributed by atoms with E-state index in [-0.39, 0.29) is 10.8 Å². The zero-order chi connectivity index (χ0) is 20.2. The topological polar surface area (TPSA) is 47.0 Å². The van der Waals surface area contributed by atoms with Crippen LogP contribution in [-0.4, -0.2) is 4.98 Å². The first-order valence-electron chi connectivity index (χ1n) is 7.78. The van der Waals surface area contributed by atoms with Crippen LogP contribution in [0.5, 0.6) is 0 Å². The van der Waals surface area contributed by atoms with Crippen molar-refractivity contribution in [3.63, 3.8) is 0 Å². The number of benzene rings is 1. The average molecular weight is 517 g/mol. The molecule has 1 aromatic carbocycles. The van der Waals surface area contributed by atoms with Gasteiger partial charge >= 0.3 is 24.8 Å². The quantitative estimate of drug-likeness (QED) is 0.400. The molecule has 0 aliphatic rings. The zero-order valence-corrected chi connectivity index (χ0v) is 19.0. The minimum Gasteiger partial charge on any atom is -0.265 e. The molecule has 0 atom stereocenters. The second kappa shape index (κ2) is 19.0. The second-order valence-electron chi connectivity index (χ2n) is 7.29. The third-order valence-electron chi connectivity index (χ3n) is 1.17. The first kappa shape index (κ1) is 28.4. The van der Waals surface area contributed by atoms with Crippen LogP contribution in [0, 0.1) is 30.7 Å². The summed E-state index contributed by atoms with van der Waals surface area (Å²) in [5.74, 6) is 0. The van der Waals surface area contributed by atoms with Gasteiger partial charge in [0, 0.05) is 12.4 Å². The summed E-state index contributed by atoms with van der Waals surface area (Å²) in [5.41, 5.74) is 0.500. The molecule has 0 unspecified atom stereocenters. The number of hydrogen-bond donors (Lipinski definition) is 0. The predicted molar refractivity (Wildman–Crippen MR) is 101 cm³/mol. The van der Waals surface area contributed by atoms with E-state index < -0.39 is 17.9 Å². The minimum absolute atomic E-state index is 0.250. The van der Waals surface area contributed by atoms with Crippen LogP contribution in [0.15, 0.2) is 60.9 Å². The molecule has 2 aromatic rings. The Morgan fingerprint density at radius 1 is 0.720 bits per heavy atom. The van der Waals surface area contributed by atoms with Gasteiger partial charge < -0.3 is 13.8 Å². The van der Waals surface area contributed by atoms with E-state index in [1.807, 2.05) is 48.5 Å². The van der Waals surface area contributed by atoms with Crippen molar-refractivity contribution >= 4 is 0 Å². The Bertz CT molecular complexity index is 388. The SMILES string of the molecule is [CH2-]C(C)(C)C.[CH2-]C(C)(C)C.[O]=[Re]=[O].[c-]1ccccc1.c1ccncc1. The van der Waals surface area contributed by atoms with Gasteiger partial charge in [-0.05, 0) is 12.1 Å². The molecule has 0 aliphatic carbocycles. The van der Waals surface area contributed by atoms with Crippen LogP contribution < -0.4 is 0 Å². The summed E-state index contributed by atoms with van der Waals surface area (Å²) in [4.78, 5) is 3.78. The fourth-order valence-electron chi connectivity index (χ4n) is 0.655. The van der Waals surface area contributed by atoms with E-state index in [0.29, 0.717) is 0 Å². The first-order chi connectivity index (χ1) is 11.4. The number of nitrogens with zero attached hydrogens (tertiary/aromatic N) is 1. The summed E-state index contributed by atoms with van der Waals surface area (Å²) in [6, 6.07) is 18.2. The first-order valence-corrected chi connectivity index (χ1v) is 9.99. The number of aromatic nitrogens is 1. The summed E-state index contributed by atoms with van der Waals surface area (Å²) in [5, 5.41) is 0. The molecule has 4 heteroatoms. The van der Waals surface area contributed by atoms with Gasteiger partial charge in [0.15, 0.2) is 0 Å². The molecule has 0 amide bonds. The predicted octanol–water partition coefficient (Wildman–Crippen LogP) is 6.06. The molecule has 1 heterocycles. The molecule has 25 heavy (non-hydrogen) atoms. The maximum atomic E-state index is 8.53. The Morgan fingerprint density at radius 2 is 1.00 bits per heavy atom. The largest absolute Gasteiger partial charge is 0.265 e. The Hall–Kier alpha value is -1.37. The van der Waals surface area contributed by atoms with Crippen LogP contribution in [0.1, 0.15) is 41.5 Å². The van der Waals surface area contributed by atoms with E-state index in [1.54, 1.807) is 12.4 Å².